The molecule has 0 radical (unpaired) electrons. The molecule has 1 N–H and O–H groups in total. The van der Waals surface area contributed by atoms with E-state index in [1.54, 1.807) is 23.6 Å². The van der Waals surface area contributed by atoms with Crippen molar-refractivity contribution in [3.8, 4) is 0 Å². The first-order valence-electron chi connectivity index (χ1n) is 6.23. The molecule has 0 fully saturated rings. The van der Waals surface area contributed by atoms with Crippen LogP contribution in [0.4, 0.5) is 0 Å². The van der Waals surface area contributed by atoms with Crippen LogP contribution in [0.1, 0.15) is 27.3 Å². The number of carboxylic acids is 1. The van der Waals surface area contributed by atoms with Gasteiger partial charge in [-0.1, -0.05) is 16.1 Å². The number of hydrogen-bond acceptors (Lipinski definition) is 5. The van der Waals surface area contributed by atoms with E-state index in [0.717, 1.165) is 11.3 Å². The van der Waals surface area contributed by atoms with Crippen LogP contribution in [-0.4, -0.2) is 25.6 Å². The Kier molecular flexibility index (Phi) is 3.45. The summed E-state index contributed by atoms with van der Waals surface area (Å²) in [6, 6.07) is 7.15. The van der Waals surface area contributed by atoms with Gasteiger partial charge in [-0.15, -0.1) is 5.10 Å². The predicted molar refractivity (Wildman–Crippen MR) is 82.3 cm³/mol. The number of benzene rings is 1. The van der Waals surface area contributed by atoms with Crippen LogP contribution in [0, 0.1) is 6.92 Å². The summed E-state index contributed by atoms with van der Waals surface area (Å²) in [5.74, 6) is -0.960. The third kappa shape index (κ3) is 2.80. The Hall–Kier alpha value is -2.60. The SMILES string of the molecule is Cc1ccc2nc(C=Cc3csnn3)cc(C(=O)O)c2c1. The molecule has 0 aliphatic carbocycles. The van der Waals surface area contributed by atoms with Gasteiger partial charge in [-0.3, -0.25) is 0 Å². The highest BCUT2D eigenvalue weighted by atomic mass is 32.1. The van der Waals surface area contributed by atoms with Gasteiger partial charge in [-0.05, 0) is 48.8 Å². The standard InChI is InChI=1S/C15H11N3O2S/c1-9-2-5-14-12(6-9)13(15(19)20)7-10(16-14)3-4-11-8-21-18-17-11/h2-8H,1H3,(H,19,20). The van der Waals surface area contributed by atoms with E-state index in [-0.39, 0.29) is 5.56 Å². The van der Waals surface area contributed by atoms with Crippen LogP contribution in [0.15, 0.2) is 29.6 Å². The normalized spacial score (nSPS) is 11.3. The number of nitrogens with zero attached hydrogens (tertiary/aromatic N) is 3. The molecule has 5 nitrogen and oxygen atoms in total. The second kappa shape index (κ2) is 5.41. The lowest BCUT2D eigenvalue weighted by atomic mass is 10.1. The Labute approximate surface area is 124 Å². The highest BCUT2D eigenvalue weighted by molar-refractivity contribution is 7.03. The predicted octanol–water partition coefficient (Wildman–Crippen LogP) is 3.26. The van der Waals surface area contributed by atoms with Crippen molar-refractivity contribution >= 4 is 40.6 Å². The average Bonchev–Trinajstić information content (AvgIpc) is 2.97. The van der Waals surface area contributed by atoms with Gasteiger partial charge in [0.05, 0.1) is 22.5 Å². The van der Waals surface area contributed by atoms with Crippen LogP contribution in [0.2, 0.25) is 0 Å². The lowest BCUT2D eigenvalue weighted by molar-refractivity contribution is 0.0699. The van der Waals surface area contributed by atoms with E-state index in [1.807, 2.05) is 25.1 Å². The first-order valence-corrected chi connectivity index (χ1v) is 7.07. The van der Waals surface area contributed by atoms with Crippen LogP contribution in [0.25, 0.3) is 23.1 Å². The molecule has 2 aromatic heterocycles. The summed E-state index contributed by atoms with van der Waals surface area (Å²) in [6.07, 6.45) is 3.50. The van der Waals surface area contributed by atoms with Crippen LogP contribution in [0.5, 0.6) is 0 Å². The number of aryl methyl sites for hydroxylation is 1. The number of carboxylic acid groups (broad SMARTS) is 1. The minimum absolute atomic E-state index is 0.250. The van der Waals surface area contributed by atoms with Crippen LogP contribution in [-0.2, 0) is 0 Å². The number of fused-ring (bicyclic) bond motifs is 1. The van der Waals surface area contributed by atoms with Crippen molar-refractivity contribution in [2.75, 3.05) is 0 Å². The molecule has 0 aliphatic heterocycles. The van der Waals surface area contributed by atoms with Crippen molar-refractivity contribution in [3.63, 3.8) is 0 Å². The number of carbonyl (C=O) groups is 1. The maximum atomic E-state index is 11.4. The van der Waals surface area contributed by atoms with Crippen molar-refractivity contribution in [2.45, 2.75) is 6.92 Å². The highest BCUT2D eigenvalue weighted by Crippen LogP contribution is 2.21. The van der Waals surface area contributed by atoms with E-state index in [1.165, 1.54) is 11.5 Å². The molecule has 21 heavy (non-hydrogen) atoms. The van der Waals surface area contributed by atoms with Gasteiger partial charge in [-0.2, -0.15) is 0 Å². The quantitative estimate of drug-likeness (QED) is 0.803. The van der Waals surface area contributed by atoms with E-state index in [2.05, 4.69) is 14.6 Å². The molecule has 0 aliphatic rings. The first-order chi connectivity index (χ1) is 10.1. The van der Waals surface area contributed by atoms with Gasteiger partial charge in [0, 0.05) is 10.8 Å². The fraction of sp³-hybridized carbons (Fsp3) is 0.0667. The molecule has 0 spiro atoms. The maximum Gasteiger partial charge on any atom is 0.336 e. The third-order valence-electron chi connectivity index (χ3n) is 3.02. The van der Waals surface area contributed by atoms with Gasteiger partial charge in [0.2, 0.25) is 0 Å². The van der Waals surface area contributed by atoms with E-state index in [9.17, 15) is 9.90 Å². The topological polar surface area (TPSA) is 76.0 Å². The van der Waals surface area contributed by atoms with Crippen LogP contribution >= 0.6 is 11.5 Å². The summed E-state index contributed by atoms with van der Waals surface area (Å²) in [7, 11) is 0. The van der Waals surface area contributed by atoms with Gasteiger partial charge in [0.15, 0.2) is 0 Å². The van der Waals surface area contributed by atoms with Crippen molar-refractivity contribution < 1.29 is 9.90 Å². The van der Waals surface area contributed by atoms with E-state index >= 15 is 0 Å². The van der Waals surface area contributed by atoms with E-state index in [4.69, 9.17) is 0 Å². The van der Waals surface area contributed by atoms with Crippen molar-refractivity contribution in [1.29, 1.82) is 0 Å². The molecule has 1 aromatic carbocycles. The zero-order chi connectivity index (χ0) is 14.8. The highest BCUT2D eigenvalue weighted by Gasteiger charge is 2.11. The number of aromatic nitrogens is 3. The van der Waals surface area contributed by atoms with Crippen molar-refractivity contribution in [1.82, 2.24) is 14.6 Å². The minimum Gasteiger partial charge on any atom is -0.478 e. The second-order valence-electron chi connectivity index (χ2n) is 4.58. The summed E-state index contributed by atoms with van der Waals surface area (Å²) in [5, 5.41) is 15.7. The summed E-state index contributed by atoms with van der Waals surface area (Å²) >= 11 is 1.26. The molecular weight excluding hydrogens is 286 g/mol. The van der Waals surface area contributed by atoms with Crippen molar-refractivity contribution in [2.24, 2.45) is 0 Å². The van der Waals surface area contributed by atoms with Gasteiger partial charge in [0.1, 0.15) is 0 Å². The van der Waals surface area contributed by atoms with Gasteiger partial charge >= 0.3 is 5.97 Å². The monoisotopic (exact) mass is 297 g/mol. The average molecular weight is 297 g/mol. The maximum absolute atomic E-state index is 11.4. The molecule has 0 atom stereocenters. The molecule has 0 bridgehead atoms. The second-order valence-corrected chi connectivity index (χ2v) is 5.19. The largest absolute Gasteiger partial charge is 0.478 e. The Morgan fingerprint density at radius 1 is 1.24 bits per heavy atom. The smallest absolute Gasteiger partial charge is 0.336 e. The molecule has 6 heteroatoms. The molecule has 3 aromatic rings. The Balaban J connectivity index is 2.12. The Morgan fingerprint density at radius 2 is 2.05 bits per heavy atom. The molecule has 2 heterocycles. The molecule has 0 saturated carbocycles. The third-order valence-corrected chi connectivity index (χ3v) is 3.54. The summed E-state index contributed by atoms with van der Waals surface area (Å²) in [5.41, 5.74) is 3.22. The Bertz CT molecular complexity index is 842. The summed E-state index contributed by atoms with van der Waals surface area (Å²) in [6.45, 7) is 1.92. The molecular formula is C15H11N3O2S. The lowest BCUT2D eigenvalue weighted by Crippen LogP contribution is -2.00. The van der Waals surface area contributed by atoms with Crippen LogP contribution in [0.3, 0.4) is 0 Å². The molecule has 0 saturated heterocycles. The van der Waals surface area contributed by atoms with E-state index in [0.29, 0.717) is 16.6 Å². The number of aromatic carboxylic acids is 1. The molecule has 3 rings (SSSR count). The molecule has 0 unspecified atom stereocenters. The van der Waals surface area contributed by atoms with E-state index < -0.39 is 5.97 Å². The summed E-state index contributed by atoms with van der Waals surface area (Å²) in [4.78, 5) is 15.9. The first kappa shape index (κ1) is 13.4. The van der Waals surface area contributed by atoms with Gasteiger partial charge in [0.25, 0.3) is 0 Å². The van der Waals surface area contributed by atoms with Crippen molar-refractivity contribution in [3.05, 3.63) is 52.2 Å². The number of pyridine rings is 1. The van der Waals surface area contributed by atoms with Gasteiger partial charge < -0.3 is 5.11 Å². The molecule has 0 amide bonds. The zero-order valence-corrected chi connectivity index (χ0v) is 12.0. The van der Waals surface area contributed by atoms with Gasteiger partial charge in [-0.25, -0.2) is 9.78 Å². The fourth-order valence-electron chi connectivity index (χ4n) is 2.04. The zero-order valence-electron chi connectivity index (χ0n) is 11.1. The summed E-state index contributed by atoms with van der Waals surface area (Å²) < 4.78 is 3.77. The number of hydrogen-bond donors (Lipinski definition) is 1. The van der Waals surface area contributed by atoms with Crippen LogP contribution < -0.4 is 0 Å². The lowest BCUT2D eigenvalue weighted by Gasteiger charge is -2.05. The Morgan fingerprint density at radius 3 is 2.76 bits per heavy atom. The minimum atomic E-state index is -0.960. The molecule has 104 valence electrons. The fourth-order valence-corrected chi connectivity index (χ4v) is 2.46. The number of rotatable bonds is 3.